The van der Waals surface area contributed by atoms with Crippen LogP contribution in [0.5, 0.6) is 0 Å². The average molecular weight is 309 g/mol. The second kappa shape index (κ2) is 5.09. The van der Waals surface area contributed by atoms with Gasteiger partial charge in [0.1, 0.15) is 4.83 Å². The van der Waals surface area contributed by atoms with E-state index in [2.05, 4.69) is 16.9 Å². The molecule has 20 heavy (non-hydrogen) atoms. The van der Waals surface area contributed by atoms with Crippen LogP contribution in [-0.4, -0.2) is 34.6 Å². The molecular weight excluding hydrogens is 290 g/mol. The van der Waals surface area contributed by atoms with Gasteiger partial charge in [0.15, 0.2) is 4.77 Å². The van der Waals surface area contributed by atoms with Crippen molar-refractivity contribution in [1.82, 2.24) is 14.5 Å². The molecule has 4 nitrogen and oxygen atoms in total. The monoisotopic (exact) mass is 309 g/mol. The highest BCUT2D eigenvalue weighted by atomic mass is 32.1. The van der Waals surface area contributed by atoms with Crippen LogP contribution in [-0.2, 0) is 6.54 Å². The first-order valence-corrected chi connectivity index (χ1v) is 8.11. The van der Waals surface area contributed by atoms with Gasteiger partial charge < -0.3 is 9.88 Å². The van der Waals surface area contributed by atoms with Crippen molar-refractivity contribution >= 4 is 33.8 Å². The van der Waals surface area contributed by atoms with Gasteiger partial charge in [0, 0.05) is 18.0 Å². The third-order valence-electron chi connectivity index (χ3n) is 4.24. The molecule has 1 unspecified atom stereocenters. The molecule has 0 aliphatic carbocycles. The lowest BCUT2D eigenvalue weighted by Gasteiger charge is -2.13. The number of aromatic amines is 1. The summed E-state index contributed by atoms with van der Waals surface area (Å²) in [5.41, 5.74) is 1.15. The van der Waals surface area contributed by atoms with Crippen LogP contribution in [0.15, 0.2) is 4.79 Å². The Morgan fingerprint density at radius 1 is 1.45 bits per heavy atom. The fourth-order valence-electron chi connectivity index (χ4n) is 2.96. The van der Waals surface area contributed by atoms with Gasteiger partial charge in [0.2, 0.25) is 0 Å². The summed E-state index contributed by atoms with van der Waals surface area (Å²) >= 11 is 7.00. The van der Waals surface area contributed by atoms with E-state index in [0.29, 0.717) is 10.7 Å². The summed E-state index contributed by atoms with van der Waals surface area (Å²) in [6, 6.07) is 0. The highest BCUT2D eigenvalue weighted by molar-refractivity contribution is 7.71. The normalized spacial score (nSPS) is 20.1. The molecule has 1 saturated heterocycles. The van der Waals surface area contributed by atoms with Gasteiger partial charge in [-0.1, -0.05) is 0 Å². The van der Waals surface area contributed by atoms with Crippen molar-refractivity contribution < 1.29 is 0 Å². The lowest BCUT2D eigenvalue weighted by Crippen LogP contribution is -2.27. The second-order valence-corrected chi connectivity index (χ2v) is 7.36. The highest BCUT2D eigenvalue weighted by Gasteiger charge is 2.21. The first kappa shape index (κ1) is 14.0. The molecule has 1 fully saturated rings. The van der Waals surface area contributed by atoms with Crippen LogP contribution in [0, 0.1) is 24.5 Å². The maximum Gasteiger partial charge on any atom is 0.263 e. The van der Waals surface area contributed by atoms with Gasteiger partial charge in [-0.15, -0.1) is 11.3 Å². The van der Waals surface area contributed by atoms with E-state index >= 15 is 0 Å². The van der Waals surface area contributed by atoms with Crippen LogP contribution in [0.1, 0.15) is 16.9 Å². The molecule has 6 heteroatoms. The molecule has 0 aromatic carbocycles. The first-order valence-electron chi connectivity index (χ1n) is 6.88. The van der Waals surface area contributed by atoms with Crippen LogP contribution in [0.3, 0.4) is 0 Å². The van der Waals surface area contributed by atoms with E-state index in [1.54, 1.807) is 15.9 Å². The van der Waals surface area contributed by atoms with Crippen molar-refractivity contribution in [3.63, 3.8) is 0 Å². The molecule has 2 aromatic heterocycles. The minimum Gasteiger partial charge on any atom is -0.323 e. The van der Waals surface area contributed by atoms with E-state index < -0.39 is 0 Å². The number of thiophene rings is 1. The Bertz CT molecular complexity index is 771. The SMILES string of the molecule is Cc1sc2[nH]c(=S)n(CC3CCN(C)C3)c(=O)c2c1C. The maximum atomic E-state index is 12.7. The molecule has 0 amide bonds. The molecule has 0 spiro atoms. The number of rotatable bonds is 2. The minimum atomic E-state index is 0.0696. The number of aromatic nitrogens is 2. The van der Waals surface area contributed by atoms with Gasteiger partial charge in [-0.3, -0.25) is 9.36 Å². The summed E-state index contributed by atoms with van der Waals surface area (Å²) in [7, 11) is 2.12. The Morgan fingerprint density at radius 3 is 2.85 bits per heavy atom. The van der Waals surface area contributed by atoms with Gasteiger partial charge in [0.25, 0.3) is 5.56 Å². The van der Waals surface area contributed by atoms with E-state index in [4.69, 9.17) is 12.2 Å². The van der Waals surface area contributed by atoms with Gasteiger partial charge >= 0.3 is 0 Å². The molecule has 108 valence electrons. The van der Waals surface area contributed by atoms with Gasteiger partial charge in [-0.05, 0) is 57.6 Å². The third-order valence-corrected chi connectivity index (χ3v) is 5.68. The predicted octanol–water partition coefficient (Wildman–Crippen LogP) is 2.69. The topological polar surface area (TPSA) is 41.0 Å². The summed E-state index contributed by atoms with van der Waals surface area (Å²) in [6.45, 7) is 6.94. The summed E-state index contributed by atoms with van der Waals surface area (Å²) in [5.74, 6) is 0.519. The number of nitrogens with one attached hydrogen (secondary N) is 1. The largest absolute Gasteiger partial charge is 0.323 e. The molecule has 1 aliphatic heterocycles. The number of hydrogen-bond donors (Lipinski definition) is 1. The Balaban J connectivity index is 2.09. The lowest BCUT2D eigenvalue weighted by atomic mass is 10.1. The fraction of sp³-hybridized carbons (Fsp3) is 0.571. The zero-order valence-corrected chi connectivity index (χ0v) is 13.7. The molecule has 3 heterocycles. The third kappa shape index (κ3) is 2.25. The van der Waals surface area contributed by atoms with E-state index in [1.807, 2.05) is 13.8 Å². The molecule has 1 N–H and O–H groups in total. The van der Waals surface area contributed by atoms with E-state index in [-0.39, 0.29) is 5.56 Å². The number of nitrogens with zero attached hydrogens (tertiary/aromatic N) is 2. The molecule has 1 aliphatic rings. The van der Waals surface area contributed by atoms with Gasteiger partial charge in [-0.25, -0.2) is 0 Å². The Morgan fingerprint density at radius 2 is 2.20 bits per heavy atom. The minimum absolute atomic E-state index is 0.0696. The van der Waals surface area contributed by atoms with Crippen molar-refractivity contribution in [2.24, 2.45) is 5.92 Å². The summed E-state index contributed by atoms with van der Waals surface area (Å²) in [4.78, 5) is 20.4. The van der Waals surface area contributed by atoms with Crippen molar-refractivity contribution in [1.29, 1.82) is 0 Å². The average Bonchev–Trinajstić information content (AvgIpc) is 2.90. The van der Waals surface area contributed by atoms with Crippen LogP contribution in [0.25, 0.3) is 10.2 Å². The zero-order chi connectivity index (χ0) is 14.4. The van der Waals surface area contributed by atoms with Crippen molar-refractivity contribution in [3.05, 3.63) is 25.6 Å². The zero-order valence-electron chi connectivity index (χ0n) is 12.0. The second-order valence-electron chi connectivity index (χ2n) is 5.75. The smallest absolute Gasteiger partial charge is 0.263 e. The molecule has 0 radical (unpaired) electrons. The summed E-state index contributed by atoms with van der Waals surface area (Å²) in [6.07, 6.45) is 1.14. The first-order chi connectivity index (χ1) is 9.47. The molecule has 2 aromatic rings. The molecule has 0 saturated carbocycles. The summed E-state index contributed by atoms with van der Waals surface area (Å²) < 4.78 is 2.30. The Kier molecular flexibility index (Phi) is 3.56. The molecular formula is C14H19N3OS2. The number of hydrogen-bond acceptors (Lipinski definition) is 4. The van der Waals surface area contributed by atoms with E-state index in [9.17, 15) is 4.79 Å². The van der Waals surface area contributed by atoms with Crippen LogP contribution in [0.2, 0.25) is 0 Å². The van der Waals surface area contributed by atoms with Crippen molar-refractivity contribution in [3.8, 4) is 0 Å². The molecule has 0 bridgehead atoms. The predicted molar refractivity (Wildman–Crippen MR) is 86.3 cm³/mol. The van der Waals surface area contributed by atoms with Crippen molar-refractivity contribution in [2.75, 3.05) is 20.1 Å². The quantitative estimate of drug-likeness (QED) is 0.867. The van der Waals surface area contributed by atoms with Gasteiger partial charge in [-0.2, -0.15) is 0 Å². The summed E-state index contributed by atoms with van der Waals surface area (Å²) in [5, 5.41) is 0.812. The number of aryl methyl sites for hydroxylation is 2. The van der Waals surface area contributed by atoms with Gasteiger partial charge in [0.05, 0.1) is 5.39 Å². The lowest BCUT2D eigenvalue weighted by molar-refractivity contribution is 0.374. The van der Waals surface area contributed by atoms with Crippen molar-refractivity contribution in [2.45, 2.75) is 26.8 Å². The van der Waals surface area contributed by atoms with E-state index in [0.717, 1.165) is 41.8 Å². The highest BCUT2D eigenvalue weighted by Crippen LogP contribution is 2.26. The van der Waals surface area contributed by atoms with Crippen LogP contribution >= 0.6 is 23.6 Å². The Hall–Kier alpha value is -0.980. The van der Waals surface area contributed by atoms with Crippen LogP contribution in [0.4, 0.5) is 0 Å². The number of H-pyrrole nitrogens is 1. The number of likely N-dealkylation sites (tertiary alicyclic amines) is 1. The van der Waals surface area contributed by atoms with Crippen LogP contribution < -0.4 is 5.56 Å². The fourth-order valence-corrected chi connectivity index (χ4v) is 4.34. The standard InChI is InChI=1S/C14H19N3OS2/c1-8-9(2)20-12-11(8)13(18)17(14(19)15-12)7-10-4-5-16(3)6-10/h10H,4-7H2,1-3H3,(H,15,19). The Labute approximate surface area is 127 Å². The molecule has 1 atom stereocenters. The molecule has 3 rings (SSSR count). The van der Waals surface area contributed by atoms with E-state index in [1.165, 1.54) is 4.88 Å². The number of fused-ring (bicyclic) bond motifs is 1. The maximum absolute atomic E-state index is 12.7.